The van der Waals surface area contributed by atoms with Gasteiger partial charge in [-0.1, -0.05) is 30.3 Å². The highest BCUT2D eigenvalue weighted by molar-refractivity contribution is 5.80. The van der Waals surface area contributed by atoms with Gasteiger partial charge in [-0.25, -0.2) is 4.99 Å². The maximum atomic E-state index is 9.54. The number of aliphatic hydroxyl groups excluding tert-OH is 1. The summed E-state index contributed by atoms with van der Waals surface area (Å²) in [5.74, 6) is 2.61. The highest BCUT2D eigenvalue weighted by atomic mass is 16.7. The fourth-order valence-electron chi connectivity index (χ4n) is 3.87. The largest absolute Gasteiger partial charge is 0.454 e. The number of ether oxygens (including phenoxy) is 2. The van der Waals surface area contributed by atoms with E-state index in [1.807, 2.05) is 30.3 Å². The number of hydrogen-bond donors (Lipinski definition) is 2. The Hall–Kier alpha value is -2.77. The molecule has 2 aromatic carbocycles. The molecule has 7 nitrogen and oxygen atoms in total. The van der Waals surface area contributed by atoms with Crippen molar-refractivity contribution in [3.8, 4) is 11.5 Å². The van der Waals surface area contributed by atoms with E-state index in [0.29, 0.717) is 13.3 Å². The molecule has 0 aliphatic carbocycles. The lowest BCUT2D eigenvalue weighted by Crippen LogP contribution is -2.52. The van der Waals surface area contributed by atoms with Gasteiger partial charge in [-0.05, 0) is 35.7 Å². The SMILES string of the molecule is CCNC(=NCc1ccccc1CO)N1CCN(Cc2ccc3c(c2)OCO3)CC1. The molecule has 30 heavy (non-hydrogen) atoms. The lowest BCUT2D eigenvalue weighted by molar-refractivity contribution is 0.171. The first kappa shape index (κ1) is 20.5. The fourth-order valence-corrected chi connectivity index (χ4v) is 3.87. The molecule has 2 N–H and O–H groups in total. The van der Waals surface area contributed by atoms with Crippen molar-refractivity contribution in [3.63, 3.8) is 0 Å². The summed E-state index contributed by atoms with van der Waals surface area (Å²) in [4.78, 5) is 9.61. The summed E-state index contributed by atoms with van der Waals surface area (Å²) in [6.45, 7) is 8.56. The number of aliphatic hydroxyl groups is 1. The first-order valence-electron chi connectivity index (χ1n) is 10.6. The van der Waals surface area contributed by atoms with Crippen LogP contribution in [0.25, 0.3) is 0 Å². The highest BCUT2D eigenvalue weighted by Crippen LogP contribution is 2.32. The van der Waals surface area contributed by atoms with Crippen LogP contribution in [0.3, 0.4) is 0 Å². The second-order valence-electron chi connectivity index (χ2n) is 7.55. The normalized spacial score (nSPS) is 16.7. The van der Waals surface area contributed by atoms with Crippen LogP contribution in [0.4, 0.5) is 0 Å². The number of hydrogen-bond acceptors (Lipinski definition) is 5. The zero-order chi connectivity index (χ0) is 20.8. The zero-order valence-corrected chi connectivity index (χ0v) is 17.5. The Morgan fingerprint density at radius 1 is 1.03 bits per heavy atom. The molecule has 0 atom stereocenters. The van der Waals surface area contributed by atoms with Crippen LogP contribution in [0.15, 0.2) is 47.5 Å². The lowest BCUT2D eigenvalue weighted by atomic mass is 10.1. The van der Waals surface area contributed by atoms with Crippen LogP contribution < -0.4 is 14.8 Å². The van der Waals surface area contributed by atoms with Crippen molar-refractivity contribution < 1.29 is 14.6 Å². The summed E-state index contributed by atoms with van der Waals surface area (Å²) < 4.78 is 10.9. The number of benzene rings is 2. The molecule has 0 saturated carbocycles. The van der Waals surface area contributed by atoms with E-state index in [9.17, 15) is 5.11 Å². The second kappa shape index (κ2) is 9.82. The molecular weight excluding hydrogens is 380 g/mol. The van der Waals surface area contributed by atoms with Crippen molar-refractivity contribution in [2.45, 2.75) is 26.6 Å². The molecule has 7 heteroatoms. The third-order valence-electron chi connectivity index (χ3n) is 5.54. The molecule has 0 radical (unpaired) electrons. The molecule has 2 aromatic rings. The van der Waals surface area contributed by atoms with Crippen LogP contribution in [-0.2, 0) is 19.7 Å². The van der Waals surface area contributed by atoms with Gasteiger partial charge < -0.3 is 24.8 Å². The Bertz CT molecular complexity index is 879. The van der Waals surface area contributed by atoms with Crippen molar-refractivity contribution in [1.29, 1.82) is 0 Å². The van der Waals surface area contributed by atoms with Gasteiger partial charge in [0.2, 0.25) is 6.79 Å². The minimum absolute atomic E-state index is 0.0424. The Balaban J connectivity index is 1.35. The Morgan fingerprint density at radius 3 is 2.57 bits per heavy atom. The standard InChI is InChI=1S/C23H30N4O3/c1-2-24-23(25-14-19-5-3-4-6-20(19)16-28)27-11-9-26(10-12-27)15-18-7-8-21-22(13-18)30-17-29-21/h3-8,13,28H,2,9-12,14-17H2,1H3,(H,24,25). The average Bonchev–Trinajstić information content (AvgIpc) is 3.25. The first-order valence-corrected chi connectivity index (χ1v) is 10.6. The number of piperazine rings is 1. The fraction of sp³-hybridized carbons (Fsp3) is 0.435. The molecule has 0 spiro atoms. The molecule has 0 aromatic heterocycles. The van der Waals surface area contributed by atoms with Gasteiger partial charge in [-0.15, -0.1) is 0 Å². The predicted molar refractivity (Wildman–Crippen MR) is 117 cm³/mol. The molecule has 0 bridgehead atoms. The van der Waals surface area contributed by atoms with Gasteiger partial charge in [-0.2, -0.15) is 0 Å². The molecule has 0 amide bonds. The van der Waals surface area contributed by atoms with Crippen molar-refractivity contribution in [1.82, 2.24) is 15.1 Å². The highest BCUT2D eigenvalue weighted by Gasteiger charge is 2.21. The van der Waals surface area contributed by atoms with Crippen LogP contribution >= 0.6 is 0 Å². The monoisotopic (exact) mass is 410 g/mol. The van der Waals surface area contributed by atoms with Gasteiger partial charge in [0, 0.05) is 39.3 Å². The maximum absolute atomic E-state index is 9.54. The molecular formula is C23H30N4O3. The minimum atomic E-state index is 0.0424. The Kier molecular flexibility index (Phi) is 6.71. The molecule has 1 saturated heterocycles. The lowest BCUT2D eigenvalue weighted by Gasteiger charge is -2.36. The maximum Gasteiger partial charge on any atom is 0.231 e. The summed E-state index contributed by atoms with van der Waals surface area (Å²) in [6, 6.07) is 14.1. The molecule has 2 aliphatic rings. The van der Waals surface area contributed by atoms with E-state index in [-0.39, 0.29) is 6.61 Å². The van der Waals surface area contributed by atoms with E-state index in [2.05, 4.69) is 34.2 Å². The minimum Gasteiger partial charge on any atom is -0.454 e. The number of guanidine groups is 1. The summed E-state index contributed by atoms with van der Waals surface area (Å²) in [5.41, 5.74) is 3.25. The smallest absolute Gasteiger partial charge is 0.231 e. The molecule has 1 fully saturated rings. The zero-order valence-electron chi connectivity index (χ0n) is 17.5. The number of rotatable bonds is 6. The summed E-state index contributed by atoms with van der Waals surface area (Å²) >= 11 is 0. The summed E-state index contributed by atoms with van der Waals surface area (Å²) in [7, 11) is 0. The van der Waals surface area contributed by atoms with Crippen molar-refractivity contribution in [2.75, 3.05) is 39.5 Å². The average molecular weight is 411 g/mol. The number of fused-ring (bicyclic) bond motifs is 1. The van der Waals surface area contributed by atoms with E-state index < -0.39 is 0 Å². The van der Waals surface area contributed by atoms with Gasteiger partial charge in [-0.3, -0.25) is 4.90 Å². The van der Waals surface area contributed by atoms with E-state index >= 15 is 0 Å². The van der Waals surface area contributed by atoms with E-state index in [1.165, 1.54) is 5.56 Å². The molecule has 2 heterocycles. The van der Waals surface area contributed by atoms with Gasteiger partial charge >= 0.3 is 0 Å². The van der Waals surface area contributed by atoms with Crippen molar-refractivity contribution in [3.05, 3.63) is 59.2 Å². The Labute approximate surface area is 177 Å². The van der Waals surface area contributed by atoms with Crippen LogP contribution in [0.1, 0.15) is 23.6 Å². The van der Waals surface area contributed by atoms with Crippen LogP contribution in [0, 0.1) is 0 Å². The Morgan fingerprint density at radius 2 is 1.80 bits per heavy atom. The van der Waals surface area contributed by atoms with Crippen molar-refractivity contribution >= 4 is 5.96 Å². The van der Waals surface area contributed by atoms with Gasteiger partial charge in [0.15, 0.2) is 17.5 Å². The third-order valence-corrected chi connectivity index (χ3v) is 5.54. The van der Waals surface area contributed by atoms with Crippen LogP contribution in [0.5, 0.6) is 11.5 Å². The number of nitrogens with zero attached hydrogens (tertiary/aromatic N) is 3. The van der Waals surface area contributed by atoms with E-state index in [4.69, 9.17) is 14.5 Å². The quantitative estimate of drug-likeness (QED) is 0.562. The second-order valence-corrected chi connectivity index (χ2v) is 7.55. The first-order chi connectivity index (χ1) is 14.8. The third kappa shape index (κ3) is 4.86. The number of aliphatic imine (C=N–C) groups is 1. The molecule has 160 valence electrons. The van der Waals surface area contributed by atoms with Crippen LogP contribution in [-0.4, -0.2) is 60.4 Å². The molecule has 2 aliphatic heterocycles. The van der Waals surface area contributed by atoms with Gasteiger partial charge in [0.05, 0.1) is 13.2 Å². The summed E-state index contributed by atoms with van der Waals surface area (Å²) in [6.07, 6.45) is 0. The number of nitrogens with one attached hydrogen (secondary N) is 1. The van der Waals surface area contributed by atoms with Gasteiger partial charge in [0.25, 0.3) is 0 Å². The van der Waals surface area contributed by atoms with Crippen LogP contribution in [0.2, 0.25) is 0 Å². The van der Waals surface area contributed by atoms with Gasteiger partial charge in [0.1, 0.15) is 0 Å². The van der Waals surface area contributed by atoms with Crippen molar-refractivity contribution in [2.24, 2.45) is 4.99 Å². The topological polar surface area (TPSA) is 69.6 Å². The van der Waals surface area contributed by atoms with E-state index in [0.717, 1.165) is 67.9 Å². The molecule has 4 rings (SSSR count). The summed E-state index contributed by atoms with van der Waals surface area (Å²) in [5, 5.41) is 13.0. The molecule has 0 unspecified atom stereocenters. The predicted octanol–water partition coefficient (Wildman–Crippen LogP) is 2.19. The van der Waals surface area contributed by atoms with E-state index in [1.54, 1.807) is 0 Å².